The van der Waals surface area contributed by atoms with Crippen molar-refractivity contribution < 1.29 is 22.8 Å². The predicted molar refractivity (Wildman–Crippen MR) is 134 cm³/mol. The van der Waals surface area contributed by atoms with Crippen molar-refractivity contribution in [1.29, 1.82) is 0 Å². The van der Waals surface area contributed by atoms with Gasteiger partial charge in [-0.3, -0.25) is 14.6 Å². The van der Waals surface area contributed by atoms with Crippen molar-refractivity contribution in [2.24, 2.45) is 5.92 Å². The summed E-state index contributed by atoms with van der Waals surface area (Å²) in [5.41, 5.74) is 2.46. The van der Waals surface area contributed by atoms with E-state index in [0.717, 1.165) is 17.7 Å². The second kappa shape index (κ2) is 8.74. The van der Waals surface area contributed by atoms with Crippen LogP contribution in [0, 0.1) is 5.92 Å². The fourth-order valence-corrected chi connectivity index (χ4v) is 6.56. The first-order chi connectivity index (χ1) is 17.3. The molecular formula is C28H33F3N4O2. The Kier molecular flexibility index (Phi) is 6.03. The van der Waals surface area contributed by atoms with Crippen molar-refractivity contribution >= 4 is 17.5 Å². The topological polar surface area (TPSA) is 65.5 Å². The van der Waals surface area contributed by atoms with E-state index in [-0.39, 0.29) is 28.6 Å². The number of benzene rings is 1. The van der Waals surface area contributed by atoms with E-state index < -0.39 is 24.0 Å². The van der Waals surface area contributed by atoms with Gasteiger partial charge in [-0.1, -0.05) is 38.1 Å². The van der Waals surface area contributed by atoms with Crippen LogP contribution in [0.2, 0.25) is 0 Å². The van der Waals surface area contributed by atoms with Crippen LogP contribution in [-0.4, -0.2) is 57.9 Å². The first kappa shape index (κ1) is 25.5. The third kappa shape index (κ3) is 4.26. The lowest BCUT2D eigenvalue weighted by molar-refractivity contribution is -0.197. The number of hydrogen-bond acceptors (Lipinski definition) is 4. The first-order valence-electron chi connectivity index (χ1n) is 12.8. The number of nitrogens with zero attached hydrogens (tertiary/aromatic N) is 3. The summed E-state index contributed by atoms with van der Waals surface area (Å²) in [6, 6.07) is 9.15. The van der Waals surface area contributed by atoms with Gasteiger partial charge in [-0.15, -0.1) is 0 Å². The number of rotatable bonds is 5. The van der Waals surface area contributed by atoms with Crippen LogP contribution in [0.3, 0.4) is 0 Å². The van der Waals surface area contributed by atoms with Crippen molar-refractivity contribution in [1.82, 2.24) is 14.8 Å². The first-order valence-corrected chi connectivity index (χ1v) is 12.8. The van der Waals surface area contributed by atoms with Gasteiger partial charge in [-0.05, 0) is 48.9 Å². The van der Waals surface area contributed by atoms with Crippen molar-refractivity contribution in [3.8, 4) is 0 Å². The van der Waals surface area contributed by atoms with Crippen LogP contribution in [-0.2, 0) is 21.4 Å². The molecule has 2 aliphatic carbocycles. The van der Waals surface area contributed by atoms with E-state index in [2.05, 4.69) is 36.3 Å². The zero-order valence-corrected chi connectivity index (χ0v) is 21.6. The van der Waals surface area contributed by atoms with Crippen molar-refractivity contribution in [3.63, 3.8) is 0 Å². The summed E-state index contributed by atoms with van der Waals surface area (Å²) >= 11 is 0. The number of alkyl halides is 3. The van der Waals surface area contributed by atoms with Gasteiger partial charge in [0.2, 0.25) is 11.8 Å². The molecule has 1 aromatic carbocycles. The number of pyridine rings is 1. The van der Waals surface area contributed by atoms with E-state index >= 15 is 0 Å². The molecule has 0 bridgehead atoms. The molecule has 3 aliphatic rings. The van der Waals surface area contributed by atoms with Gasteiger partial charge in [0.05, 0.1) is 17.6 Å². The smallest absolute Gasteiger partial charge is 0.380 e. The normalized spacial score (nSPS) is 26.6. The highest BCUT2D eigenvalue weighted by Crippen LogP contribution is 2.52. The molecule has 9 heteroatoms. The maximum Gasteiger partial charge on any atom is 0.414 e. The Balaban J connectivity index is 1.28. The van der Waals surface area contributed by atoms with Gasteiger partial charge in [0.15, 0.2) is 6.04 Å². The molecule has 2 amide bonds. The number of anilines is 1. The van der Waals surface area contributed by atoms with Crippen LogP contribution < -0.4 is 5.32 Å². The lowest BCUT2D eigenvalue weighted by Crippen LogP contribution is -2.69. The zero-order chi connectivity index (χ0) is 26.8. The average molecular weight is 515 g/mol. The van der Waals surface area contributed by atoms with E-state index in [1.807, 2.05) is 12.1 Å². The second-order valence-corrected chi connectivity index (χ2v) is 11.4. The number of fused-ring (bicyclic) bond motifs is 1. The second-order valence-electron chi connectivity index (χ2n) is 11.4. The number of carbonyl (C=O) groups is 2. The summed E-state index contributed by atoms with van der Waals surface area (Å²) in [4.78, 5) is 31.5. The van der Waals surface area contributed by atoms with Crippen LogP contribution in [0.15, 0.2) is 42.6 Å². The zero-order valence-electron chi connectivity index (χ0n) is 21.6. The molecule has 2 atom stereocenters. The highest BCUT2D eigenvalue weighted by molar-refractivity contribution is 5.82. The van der Waals surface area contributed by atoms with Crippen molar-refractivity contribution in [2.45, 2.75) is 75.7 Å². The van der Waals surface area contributed by atoms with Gasteiger partial charge in [0.1, 0.15) is 0 Å². The molecule has 0 radical (unpaired) electrons. The highest BCUT2D eigenvalue weighted by Gasteiger charge is 2.58. The molecule has 1 aromatic heterocycles. The van der Waals surface area contributed by atoms with Crippen LogP contribution in [0.5, 0.6) is 0 Å². The van der Waals surface area contributed by atoms with Gasteiger partial charge in [0, 0.05) is 43.4 Å². The lowest BCUT2D eigenvalue weighted by atomic mass is 9.61. The van der Waals surface area contributed by atoms with Gasteiger partial charge in [0.25, 0.3) is 0 Å². The number of carbonyl (C=O) groups excluding carboxylic acids is 2. The molecular weight excluding hydrogens is 481 g/mol. The molecule has 1 N–H and O–H groups in total. The molecule has 198 valence electrons. The fourth-order valence-electron chi connectivity index (χ4n) is 6.56. The fraction of sp³-hybridized carbons (Fsp3) is 0.536. The maximum atomic E-state index is 14.2. The van der Waals surface area contributed by atoms with E-state index in [1.54, 1.807) is 11.0 Å². The number of hydrogen-bond donors (Lipinski definition) is 1. The van der Waals surface area contributed by atoms with Crippen molar-refractivity contribution in [2.75, 3.05) is 18.9 Å². The van der Waals surface area contributed by atoms with Crippen LogP contribution in [0.4, 0.5) is 18.9 Å². The Hall–Kier alpha value is -3.10. The largest absolute Gasteiger partial charge is 0.414 e. The third-order valence-corrected chi connectivity index (χ3v) is 8.81. The molecule has 2 aromatic rings. The van der Waals surface area contributed by atoms with Gasteiger partial charge < -0.3 is 15.1 Å². The Morgan fingerprint density at radius 2 is 1.86 bits per heavy atom. The monoisotopic (exact) mass is 514 g/mol. The Bertz CT molecular complexity index is 1200. The minimum absolute atomic E-state index is 0.0542. The SMILES string of the molecule is CC(=O)N1CCC12CC(C(=O)N(C)C(c1ccc(NC3Cc4ccccc4C3(C)C)cn1)C(F)(F)F)C2. The van der Waals surface area contributed by atoms with E-state index in [0.29, 0.717) is 25.1 Å². The van der Waals surface area contributed by atoms with E-state index in [4.69, 9.17) is 0 Å². The predicted octanol–water partition coefficient (Wildman–Crippen LogP) is 4.86. The Labute approximate surface area is 215 Å². The van der Waals surface area contributed by atoms with Gasteiger partial charge in [-0.25, -0.2) is 0 Å². The maximum absolute atomic E-state index is 14.2. The molecule has 37 heavy (non-hydrogen) atoms. The van der Waals surface area contributed by atoms with E-state index in [1.165, 1.54) is 37.4 Å². The number of amides is 2. The summed E-state index contributed by atoms with van der Waals surface area (Å²) in [6.45, 7) is 6.44. The number of halogens is 3. The minimum Gasteiger partial charge on any atom is -0.380 e. The summed E-state index contributed by atoms with van der Waals surface area (Å²) in [5, 5.41) is 3.45. The molecule has 5 rings (SSSR count). The number of aromatic nitrogens is 1. The third-order valence-electron chi connectivity index (χ3n) is 8.81. The summed E-state index contributed by atoms with van der Waals surface area (Å²) in [7, 11) is 1.20. The minimum atomic E-state index is -4.68. The van der Waals surface area contributed by atoms with E-state index in [9.17, 15) is 22.8 Å². The molecule has 1 saturated heterocycles. The molecule has 2 fully saturated rings. The molecule has 2 unspecified atom stereocenters. The molecule has 2 heterocycles. The summed E-state index contributed by atoms with van der Waals surface area (Å²) in [6.07, 6.45) is -0.820. The molecule has 1 saturated carbocycles. The summed E-state index contributed by atoms with van der Waals surface area (Å²) in [5.74, 6) is -1.14. The standard InChI is InChI=1S/C28H33F3N4O2/c1-17(36)35-12-11-27(35)14-19(15-27)25(37)34(4)24(28(29,30)31)22-10-9-20(16-32-22)33-23-13-18-7-5-6-8-21(18)26(23,2)3/h5-10,16,19,23-24,33H,11-15H2,1-4H3. The number of likely N-dealkylation sites (tertiary alicyclic amines) is 1. The van der Waals surface area contributed by atoms with Crippen LogP contribution >= 0.6 is 0 Å². The average Bonchev–Trinajstić information content (AvgIpc) is 3.02. The van der Waals surface area contributed by atoms with Crippen LogP contribution in [0.1, 0.15) is 62.9 Å². The summed E-state index contributed by atoms with van der Waals surface area (Å²) < 4.78 is 42.5. The molecule has 1 spiro atoms. The lowest BCUT2D eigenvalue weighted by Gasteiger charge is -2.61. The highest BCUT2D eigenvalue weighted by atomic mass is 19.4. The van der Waals surface area contributed by atoms with Crippen LogP contribution in [0.25, 0.3) is 0 Å². The van der Waals surface area contributed by atoms with Gasteiger partial charge >= 0.3 is 6.18 Å². The molecule has 1 aliphatic heterocycles. The van der Waals surface area contributed by atoms with Gasteiger partial charge in [-0.2, -0.15) is 13.2 Å². The Morgan fingerprint density at radius 1 is 1.16 bits per heavy atom. The Morgan fingerprint density at radius 3 is 2.41 bits per heavy atom. The van der Waals surface area contributed by atoms with Crippen molar-refractivity contribution in [3.05, 3.63) is 59.4 Å². The number of nitrogens with one attached hydrogen (secondary N) is 1. The molecule has 6 nitrogen and oxygen atoms in total. The quantitative estimate of drug-likeness (QED) is 0.619.